The van der Waals surface area contributed by atoms with Crippen molar-refractivity contribution in [3.05, 3.63) is 390 Å². The largest absolute Gasteiger partial charge is 0.493 e. The van der Waals surface area contributed by atoms with Crippen molar-refractivity contribution >= 4 is 90.7 Å². The van der Waals surface area contributed by atoms with E-state index in [1.165, 1.54) is 112 Å². The molecule has 0 N–H and O–H groups in total. The zero-order chi connectivity index (χ0) is 84.3. The molecule has 11 aromatic rings. The molecule has 4 heterocycles. The highest BCUT2D eigenvalue weighted by atomic mass is 79.9. The van der Waals surface area contributed by atoms with Crippen LogP contribution in [0.3, 0.4) is 0 Å². The van der Waals surface area contributed by atoms with Gasteiger partial charge in [-0.05, 0) is 273 Å². The summed E-state index contributed by atoms with van der Waals surface area (Å²) in [7, 11) is 6.58. The van der Waals surface area contributed by atoms with Crippen LogP contribution < -0.4 is 18.9 Å². The van der Waals surface area contributed by atoms with Gasteiger partial charge < -0.3 is 38.5 Å². The third-order valence-corrected chi connectivity index (χ3v) is 26.1. The maximum Gasteiger partial charge on any atom is 0.269 e. The van der Waals surface area contributed by atoms with Gasteiger partial charge in [0.15, 0.2) is 23.0 Å². The maximum absolute atomic E-state index is 13.8. The molecule has 4 aliphatic heterocycles. The van der Waals surface area contributed by atoms with E-state index in [9.17, 15) is 29.3 Å². The van der Waals surface area contributed by atoms with Crippen LogP contribution in [0.5, 0.6) is 23.0 Å². The molecule has 4 amide bonds. The third kappa shape index (κ3) is 16.5. The number of benzene rings is 11. The van der Waals surface area contributed by atoms with Crippen LogP contribution in [-0.4, -0.2) is 103 Å². The summed E-state index contributed by atoms with van der Waals surface area (Å²) in [4.78, 5) is 72.6. The molecule has 0 fully saturated rings. The predicted octanol–water partition coefficient (Wildman–Crippen LogP) is 23.2. The van der Waals surface area contributed by atoms with Crippen LogP contribution in [0.25, 0.3) is 22.3 Å². The van der Waals surface area contributed by atoms with Gasteiger partial charge in [0, 0.05) is 65.9 Å². The lowest BCUT2D eigenvalue weighted by molar-refractivity contribution is -0.384. The number of halogens is 3. The molecule has 121 heavy (non-hydrogen) atoms. The molecule has 18 heteroatoms. The average Bonchev–Trinajstić information content (AvgIpc) is 1.65. The Balaban J connectivity index is 0.000000120. The number of ether oxygens (including phenoxy) is 4. The fourth-order valence-electron chi connectivity index (χ4n) is 19.1. The normalized spacial score (nSPS) is 17.5. The molecule has 0 bridgehead atoms. The number of fused-ring (bicyclic) bond motifs is 8. The number of aryl methyl sites for hydroxylation is 2. The zero-order valence-electron chi connectivity index (χ0n) is 68.8. The number of nitro benzene ring substituents is 1. The Hall–Kier alpha value is -12.1. The van der Waals surface area contributed by atoms with Gasteiger partial charge in [0.05, 0.1) is 67.6 Å². The maximum atomic E-state index is 13.8. The number of methoxy groups -OCH3 is 4. The monoisotopic (exact) mass is 1710 g/mol. The Bertz CT molecular complexity index is 6010. The van der Waals surface area contributed by atoms with Crippen LogP contribution in [0.15, 0.2) is 275 Å². The van der Waals surface area contributed by atoms with Crippen molar-refractivity contribution in [1.29, 1.82) is 0 Å². The summed E-state index contributed by atoms with van der Waals surface area (Å²) in [5.41, 5.74) is 29.7. The van der Waals surface area contributed by atoms with Crippen LogP contribution in [0.2, 0.25) is 10.0 Å². The second kappa shape index (κ2) is 36.1. The first kappa shape index (κ1) is 82.6. The molecule has 4 unspecified atom stereocenters. The number of non-ortho nitro benzene ring substituents is 1. The van der Waals surface area contributed by atoms with E-state index >= 15 is 0 Å². The molecule has 4 atom stereocenters. The Morgan fingerprint density at radius 2 is 0.769 bits per heavy atom. The van der Waals surface area contributed by atoms with Gasteiger partial charge in [-0.1, -0.05) is 203 Å². The van der Waals surface area contributed by atoms with E-state index in [4.69, 9.17) is 42.1 Å². The predicted molar refractivity (Wildman–Crippen MR) is 483 cm³/mol. The molecule has 612 valence electrons. The van der Waals surface area contributed by atoms with Gasteiger partial charge in [-0.2, -0.15) is 0 Å². The van der Waals surface area contributed by atoms with E-state index in [2.05, 4.69) is 161 Å². The highest BCUT2D eigenvalue weighted by Gasteiger charge is 2.43. The number of nitrogens with zero attached hydrogens (tertiary/aromatic N) is 5. The van der Waals surface area contributed by atoms with Gasteiger partial charge in [-0.25, -0.2) is 0 Å². The number of hydrogen-bond acceptors (Lipinski definition) is 10. The first-order valence-electron chi connectivity index (χ1n) is 41.3. The van der Waals surface area contributed by atoms with Crippen molar-refractivity contribution in [1.82, 2.24) is 19.6 Å². The molecular formula is C103H94BrCl2N5O10. The standard InChI is InChI=1S/C28H27NO3.C26H22BrNO.C25H18Cl2N2O3.C24H27NO3/c1-18-8-4-6-10-21(18)28(30)29-15-14-23-22-11-7-5-9-19(22)16-24(23)27(29)20-12-13-25(31-2)26(17-20)32-3;1-17-6-8-18(9-7-17)25-24-16-20-4-2-3-5-22(20)23(24)14-15-28(25)26(29)19-10-12-21(27)13-11-19;26-22-10-7-17(14-23(22)27)25(30)28-12-11-20-19-4-2-1-3-16(19)13-21(20)24(28)15-5-8-18(9-6-15)29(31)32;1-4-7-23(26)25-13-12-19-18-9-6-5-8-16(18)14-20(19)24(25)17-10-11-21(27-2)22(15-17)28-3/h4-13,17,27H,14-16H2,1-3H3;2-13,25H,14-16H2,1H3;1-10,14,24H,11-13H2;5-6,8-11,15,24H,4,7,12-14H2,1-3H3. The minimum absolute atomic E-state index is 0.0112. The summed E-state index contributed by atoms with van der Waals surface area (Å²) in [6.07, 6.45) is 8.34. The minimum atomic E-state index is -0.417. The fourth-order valence-corrected chi connectivity index (χ4v) is 19.7. The van der Waals surface area contributed by atoms with E-state index < -0.39 is 4.92 Å². The number of amides is 4. The van der Waals surface area contributed by atoms with Gasteiger partial charge in [-0.15, -0.1) is 0 Å². The molecule has 0 radical (unpaired) electrons. The number of carbonyl (C=O) groups is 4. The van der Waals surface area contributed by atoms with Crippen molar-refractivity contribution in [2.75, 3.05) is 54.6 Å². The van der Waals surface area contributed by atoms with Gasteiger partial charge in [0.1, 0.15) is 0 Å². The zero-order valence-corrected chi connectivity index (χ0v) is 71.9. The van der Waals surface area contributed by atoms with Gasteiger partial charge in [0.25, 0.3) is 23.4 Å². The number of nitro groups is 1. The molecule has 0 saturated heterocycles. The molecule has 4 aliphatic carbocycles. The van der Waals surface area contributed by atoms with Crippen molar-refractivity contribution in [3.8, 4) is 23.0 Å². The molecule has 11 aromatic carbocycles. The fraction of sp³-hybridized carbons (Fsp3) is 0.243. The smallest absolute Gasteiger partial charge is 0.269 e. The van der Waals surface area contributed by atoms with E-state index in [1.807, 2.05) is 102 Å². The van der Waals surface area contributed by atoms with Crippen molar-refractivity contribution in [2.24, 2.45) is 0 Å². The topological polar surface area (TPSA) is 161 Å². The Labute approximate surface area is 725 Å². The highest BCUT2D eigenvalue weighted by molar-refractivity contribution is 9.10. The summed E-state index contributed by atoms with van der Waals surface area (Å²) >= 11 is 15.7. The number of carbonyl (C=O) groups excluding carboxylic acids is 4. The van der Waals surface area contributed by atoms with Gasteiger partial charge in [0.2, 0.25) is 5.91 Å². The van der Waals surface area contributed by atoms with E-state index in [0.29, 0.717) is 58.1 Å². The summed E-state index contributed by atoms with van der Waals surface area (Å²) in [6.45, 7) is 8.87. The number of hydrogen-bond donors (Lipinski definition) is 0. The summed E-state index contributed by atoms with van der Waals surface area (Å²) in [5.74, 6) is 3.03. The van der Waals surface area contributed by atoms with Crippen LogP contribution in [0.4, 0.5) is 5.69 Å². The third-order valence-electron chi connectivity index (χ3n) is 24.9. The second-order valence-electron chi connectivity index (χ2n) is 31.7. The van der Waals surface area contributed by atoms with E-state index in [1.54, 1.807) is 58.8 Å². The van der Waals surface area contributed by atoms with Crippen molar-refractivity contribution < 1.29 is 43.0 Å². The first-order valence-corrected chi connectivity index (χ1v) is 42.8. The minimum Gasteiger partial charge on any atom is -0.493 e. The Morgan fingerprint density at radius 3 is 1.18 bits per heavy atom. The van der Waals surface area contributed by atoms with Crippen LogP contribution in [0, 0.1) is 24.0 Å². The summed E-state index contributed by atoms with van der Waals surface area (Å²) < 4.78 is 23.0. The molecule has 0 saturated carbocycles. The Kier molecular flexibility index (Phi) is 24.6. The SMILES string of the molecule is CCCC(=O)N1CCC2=C(Cc3ccccc32)C1c1ccc(OC)c(OC)c1.COc1ccc(C2C3=C(CCN2C(=O)c2ccccc2C)c2ccccc2C3)cc1OC.Cc1ccc(C2C3=C(CCN2C(=O)c2ccc(Br)cc2)c2ccccc2C3)cc1.O=C(c1ccc(Cl)c(Cl)c1)N1CCC2=C(Cc3ccccc32)C1c1ccc([N+](=O)[O-])cc1. The van der Waals surface area contributed by atoms with Crippen LogP contribution in [-0.2, 0) is 30.5 Å². The summed E-state index contributed by atoms with van der Waals surface area (Å²) in [5, 5.41) is 11.9. The molecular weight excluding hydrogens is 1620 g/mol. The van der Waals surface area contributed by atoms with Crippen LogP contribution >= 0.6 is 39.1 Å². The quantitative estimate of drug-likeness (QED) is 0.0757. The van der Waals surface area contributed by atoms with E-state index in [-0.39, 0.29) is 53.5 Å². The molecule has 19 rings (SSSR count). The number of rotatable bonds is 14. The highest BCUT2D eigenvalue weighted by Crippen LogP contribution is 2.53. The molecule has 8 aliphatic rings. The van der Waals surface area contributed by atoms with Gasteiger partial charge >= 0.3 is 0 Å². The van der Waals surface area contributed by atoms with Gasteiger partial charge in [-0.3, -0.25) is 29.3 Å². The molecule has 15 nitrogen and oxygen atoms in total. The summed E-state index contributed by atoms with van der Waals surface area (Å²) in [6, 6.07) is 81.3. The van der Waals surface area contributed by atoms with Crippen molar-refractivity contribution in [2.45, 2.75) is 109 Å². The molecule has 0 spiro atoms. The van der Waals surface area contributed by atoms with E-state index in [0.717, 1.165) is 109 Å². The average molecular weight is 1710 g/mol. The second-order valence-corrected chi connectivity index (χ2v) is 33.5. The lowest BCUT2D eigenvalue weighted by Gasteiger charge is -2.38. The molecule has 0 aromatic heterocycles. The Morgan fingerprint density at radius 1 is 0.405 bits per heavy atom. The van der Waals surface area contributed by atoms with Crippen molar-refractivity contribution in [3.63, 3.8) is 0 Å². The van der Waals surface area contributed by atoms with Crippen LogP contribution in [0.1, 0.15) is 179 Å². The lowest BCUT2D eigenvalue weighted by atomic mass is 9.87. The first-order chi connectivity index (χ1) is 58.8. The lowest BCUT2D eigenvalue weighted by Crippen LogP contribution is -2.39.